The van der Waals surface area contributed by atoms with Crippen molar-refractivity contribution in [2.24, 2.45) is 5.73 Å². The zero-order chi connectivity index (χ0) is 13.9. The molecule has 1 heterocycles. The van der Waals surface area contributed by atoms with Gasteiger partial charge in [-0.15, -0.1) is 0 Å². The first-order chi connectivity index (χ1) is 9.76. The van der Waals surface area contributed by atoms with Gasteiger partial charge < -0.3 is 5.73 Å². The number of benzene rings is 2. The average Bonchev–Trinajstić information content (AvgIpc) is 2.49. The fourth-order valence-corrected chi connectivity index (χ4v) is 2.53. The Morgan fingerprint density at radius 2 is 1.85 bits per heavy atom. The summed E-state index contributed by atoms with van der Waals surface area (Å²) in [5, 5.41) is 1.91. The quantitative estimate of drug-likeness (QED) is 0.790. The van der Waals surface area contributed by atoms with E-state index in [2.05, 4.69) is 23.2 Å². The number of rotatable bonds is 3. The molecule has 2 aromatic carbocycles. The van der Waals surface area contributed by atoms with E-state index in [1.54, 1.807) is 0 Å². The van der Waals surface area contributed by atoms with Gasteiger partial charge in [-0.2, -0.15) is 0 Å². The van der Waals surface area contributed by atoms with E-state index < -0.39 is 0 Å². The minimum Gasteiger partial charge on any atom is -0.326 e. The fourth-order valence-electron chi connectivity index (χ4n) is 2.26. The van der Waals surface area contributed by atoms with Crippen LogP contribution in [0.1, 0.15) is 16.8 Å². The highest BCUT2D eigenvalue weighted by atomic mass is 35.5. The first-order valence-corrected chi connectivity index (χ1v) is 6.96. The Morgan fingerprint density at radius 3 is 2.65 bits per heavy atom. The SMILES string of the molecule is NCc1ccc(Cc2ccc3ccccc3n2)c(Cl)c1. The van der Waals surface area contributed by atoms with Crippen LogP contribution in [0.2, 0.25) is 5.02 Å². The highest BCUT2D eigenvalue weighted by molar-refractivity contribution is 6.31. The lowest BCUT2D eigenvalue weighted by atomic mass is 10.1. The summed E-state index contributed by atoms with van der Waals surface area (Å²) in [6.45, 7) is 0.508. The second-order valence-electron chi connectivity index (χ2n) is 4.80. The molecule has 0 spiro atoms. The average molecular weight is 283 g/mol. The Kier molecular flexibility index (Phi) is 3.68. The molecule has 0 unspecified atom stereocenters. The Balaban J connectivity index is 1.92. The molecule has 0 radical (unpaired) electrons. The summed E-state index contributed by atoms with van der Waals surface area (Å²) in [5.74, 6) is 0. The third-order valence-electron chi connectivity index (χ3n) is 3.38. The zero-order valence-corrected chi connectivity index (χ0v) is 11.8. The molecule has 2 nitrogen and oxygen atoms in total. The topological polar surface area (TPSA) is 38.9 Å². The van der Waals surface area contributed by atoms with Gasteiger partial charge in [-0.05, 0) is 29.3 Å². The third kappa shape index (κ3) is 2.67. The van der Waals surface area contributed by atoms with Gasteiger partial charge in [0.25, 0.3) is 0 Å². The number of halogens is 1. The monoisotopic (exact) mass is 282 g/mol. The largest absolute Gasteiger partial charge is 0.326 e. The molecule has 3 aromatic rings. The first-order valence-electron chi connectivity index (χ1n) is 6.58. The van der Waals surface area contributed by atoms with Gasteiger partial charge in [-0.3, -0.25) is 4.98 Å². The Morgan fingerprint density at radius 1 is 1.00 bits per heavy atom. The van der Waals surface area contributed by atoms with Gasteiger partial charge in [-0.1, -0.05) is 48.0 Å². The Bertz CT molecular complexity index is 753. The van der Waals surface area contributed by atoms with Crippen LogP contribution in [0.15, 0.2) is 54.6 Å². The van der Waals surface area contributed by atoms with Crippen LogP contribution in [0.4, 0.5) is 0 Å². The maximum atomic E-state index is 6.29. The van der Waals surface area contributed by atoms with E-state index in [4.69, 9.17) is 17.3 Å². The molecule has 2 N–H and O–H groups in total. The van der Waals surface area contributed by atoms with E-state index in [1.807, 2.05) is 36.4 Å². The van der Waals surface area contributed by atoms with Crippen LogP contribution in [-0.4, -0.2) is 4.98 Å². The molecule has 0 aliphatic carbocycles. The second kappa shape index (κ2) is 5.61. The van der Waals surface area contributed by atoms with Crippen molar-refractivity contribution in [1.29, 1.82) is 0 Å². The molecule has 0 atom stereocenters. The maximum Gasteiger partial charge on any atom is 0.0705 e. The number of fused-ring (bicyclic) bond motifs is 1. The van der Waals surface area contributed by atoms with E-state index in [-0.39, 0.29) is 0 Å². The van der Waals surface area contributed by atoms with Crippen LogP contribution in [-0.2, 0) is 13.0 Å². The van der Waals surface area contributed by atoms with Crippen molar-refractivity contribution < 1.29 is 0 Å². The third-order valence-corrected chi connectivity index (χ3v) is 3.73. The van der Waals surface area contributed by atoms with Gasteiger partial charge >= 0.3 is 0 Å². The van der Waals surface area contributed by atoms with E-state index in [0.29, 0.717) is 6.54 Å². The smallest absolute Gasteiger partial charge is 0.0705 e. The summed E-state index contributed by atoms with van der Waals surface area (Å²) in [5.41, 5.74) is 9.77. The van der Waals surface area contributed by atoms with E-state index in [9.17, 15) is 0 Å². The number of para-hydroxylation sites is 1. The summed E-state index contributed by atoms with van der Waals surface area (Å²) < 4.78 is 0. The van der Waals surface area contributed by atoms with Crippen LogP contribution in [0.3, 0.4) is 0 Å². The molecule has 0 amide bonds. The van der Waals surface area contributed by atoms with Crippen molar-refractivity contribution >= 4 is 22.5 Å². The molecule has 20 heavy (non-hydrogen) atoms. The predicted molar refractivity (Wildman–Crippen MR) is 83.9 cm³/mol. The van der Waals surface area contributed by atoms with Crippen LogP contribution in [0.5, 0.6) is 0 Å². The lowest BCUT2D eigenvalue weighted by Crippen LogP contribution is -1.98. The molecular weight excluding hydrogens is 268 g/mol. The van der Waals surface area contributed by atoms with Crippen LogP contribution < -0.4 is 5.73 Å². The number of hydrogen-bond acceptors (Lipinski definition) is 2. The second-order valence-corrected chi connectivity index (χ2v) is 5.21. The molecule has 3 heteroatoms. The molecule has 0 bridgehead atoms. The predicted octanol–water partition coefficient (Wildman–Crippen LogP) is 3.94. The van der Waals surface area contributed by atoms with Crippen LogP contribution in [0.25, 0.3) is 10.9 Å². The molecule has 0 fully saturated rings. The summed E-state index contributed by atoms with van der Waals surface area (Å²) in [6.07, 6.45) is 0.731. The van der Waals surface area contributed by atoms with Crippen LogP contribution >= 0.6 is 11.6 Å². The Labute approximate surface area is 123 Å². The molecule has 0 aliphatic rings. The number of nitrogens with zero attached hydrogens (tertiary/aromatic N) is 1. The molecule has 0 saturated heterocycles. The number of nitrogens with two attached hydrogens (primary N) is 1. The molecule has 3 rings (SSSR count). The Hall–Kier alpha value is -1.90. The van der Waals surface area contributed by atoms with E-state index in [1.165, 1.54) is 0 Å². The molecule has 100 valence electrons. The van der Waals surface area contributed by atoms with Crippen molar-refractivity contribution in [2.75, 3.05) is 0 Å². The van der Waals surface area contributed by atoms with Crippen LogP contribution in [0, 0.1) is 0 Å². The number of aromatic nitrogens is 1. The highest BCUT2D eigenvalue weighted by Crippen LogP contribution is 2.21. The normalized spacial score (nSPS) is 10.9. The van der Waals surface area contributed by atoms with Gasteiger partial charge in [-0.25, -0.2) is 0 Å². The van der Waals surface area contributed by atoms with Gasteiger partial charge in [0, 0.05) is 29.1 Å². The van der Waals surface area contributed by atoms with Crippen molar-refractivity contribution in [3.05, 3.63) is 76.4 Å². The molecule has 0 aliphatic heterocycles. The molecular formula is C17H15ClN2. The molecule has 1 aromatic heterocycles. The van der Waals surface area contributed by atoms with E-state index >= 15 is 0 Å². The zero-order valence-electron chi connectivity index (χ0n) is 11.0. The van der Waals surface area contributed by atoms with Crippen molar-refractivity contribution in [3.8, 4) is 0 Å². The molecule has 0 saturated carbocycles. The fraction of sp³-hybridized carbons (Fsp3) is 0.118. The van der Waals surface area contributed by atoms with Gasteiger partial charge in [0.15, 0.2) is 0 Å². The minimum atomic E-state index is 0.508. The van der Waals surface area contributed by atoms with Crippen molar-refractivity contribution in [2.45, 2.75) is 13.0 Å². The highest BCUT2D eigenvalue weighted by Gasteiger charge is 2.05. The lowest BCUT2D eigenvalue weighted by Gasteiger charge is -2.07. The van der Waals surface area contributed by atoms with Crippen molar-refractivity contribution in [3.63, 3.8) is 0 Å². The minimum absolute atomic E-state index is 0.508. The number of pyridine rings is 1. The van der Waals surface area contributed by atoms with Crippen molar-refractivity contribution in [1.82, 2.24) is 4.98 Å². The maximum absolute atomic E-state index is 6.29. The summed E-state index contributed by atoms with van der Waals surface area (Å²) in [4.78, 5) is 4.67. The summed E-state index contributed by atoms with van der Waals surface area (Å²) >= 11 is 6.29. The van der Waals surface area contributed by atoms with E-state index in [0.717, 1.165) is 39.2 Å². The first kappa shape index (κ1) is 13.1. The summed E-state index contributed by atoms with van der Waals surface area (Å²) in [7, 11) is 0. The van der Waals surface area contributed by atoms with Gasteiger partial charge in [0.1, 0.15) is 0 Å². The van der Waals surface area contributed by atoms with Gasteiger partial charge in [0.2, 0.25) is 0 Å². The number of hydrogen-bond donors (Lipinski definition) is 1. The summed E-state index contributed by atoms with van der Waals surface area (Å²) in [6, 6.07) is 18.2. The van der Waals surface area contributed by atoms with Gasteiger partial charge in [0.05, 0.1) is 5.52 Å². The standard InChI is InChI=1S/C17H15ClN2/c18-16-9-12(11-19)5-6-14(16)10-15-8-7-13-3-1-2-4-17(13)20-15/h1-9H,10-11,19H2. The lowest BCUT2D eigenvalue weighted by molar-refractivity contribution is 1.05.